The Kier molecular flexibility index (Phi) is 4.90. The number of nitrogen functional groups attached to an aromatic ring is 1. The Morgan fingerprint density at radius 3 is 2.76 bits per heavy atom. The summed E-state index contributed by atoms with van der Waals surface area (Å²) in [6.07, 6.45) is 1.06. The number of benzene rings is 1. The van der Waals surface area contributed by atoms with E-state index in [4.69, 9.17) is 10.5 Å². The van der Waals surface area contributed by atoms with Crippen LogP contribution >= 0.6 is 0 Å². The number of hydrogen-bond acceptors (Lipinski definition) is 5. The number of nitrogens with two attached hydrogens (primary N) is 1. The van der Waals surface area contributed by atoms with Crippen molar-refractivity contribution in [1.29, 1.82) is 0 Å². The first-order valence-electron chi connectivity index (χ1n) is 7.27. The first-order valence-corrected chi connectivity index (χ1v) is 7.27. The molecule has 0 fully saturated rings. The largest absolute Gasteiger partial charge is 0.482 e. The van der Waals surface area contributed by atoms with Gasteiger partial charge in [-0.3, -0.25) is 4.79 Å². The molecule has 1 aliphatic heterocycles. The maximum absolute atomic E-state index is 11.4. The predicted octanol–water partition coefficient (Wildman–Crippen LogP) is 1.38. The number of amides is 1. The molecular weight excluding hydrogens is 268 g/mol. The summed E-state index contributed by atoms with van der Waals surface area (Å²) >= 11 is 0. The van der Waals surface area contributed by atoms with Crippen LogP contribution in [0.3, 0.4) is 0 Å². The Morgan fingerprint density at radius 1 is 1.33 bits per heavy atom. The topological polar surface area (TPSA) is 70.8 Å². The summed E-state index contributed by atoms with van der Waals surface area (Å²) in [5.74, 6) is 0.508. The molecule has 0 spiro atoms. The second kappa shape index (κ2) is 6.67. The Morgan fingerprint density at radius 2 is 2.10 bits per heavy atom. The van der Waals surface area contributed by atoms with Gasteiger partial charge in [-0.05, 0) is 40.1 Å². The van der Waals surface area contributed by atoms with E-state index in [1.54, 1.807) is 6.07 Å². The summed E-state index contributed by atoms with van der Waals surface area (Å²) in [7, 11) is 4.13. The molecule has 1 heterocycles. The molecule has 1 amide bonds. The third-order valence-electron chi connectivity index (χ3n) is 3.52. The molecule has 0 unspecified atom stereocenters. The van der Waals surface area contributed by atoms with E-state index in [1.807, 2.05) is 6.07 Å². The van der Waals surface area contributed by atoms with E-state index in [0.717, 1.165) is 31.7 Å². The van der Waals surface area contributed by atoms with Crippen LogP contribution < -0.4 is 20.7 Å². The van der Waals surface area contributed by atoms with Gasteiger partial charge in [0.2, 0.25) is 0 Å². The van der Waals surface area contributed by atoms with Crippen LogP contribution in [0.4, 0.5) is 17.1 Å². The van der Waals surface area contributed by atoms with Gasteiger partial charge < -0.3 is 25.6 Å². The average molecular weight is 292 g/mol. The van der Waals surface area contributed by atoms with Gasteiger partial charge in [-0.15, -0.1) is 0 Å². The van der Waals surface area contributed by atoms with Gasteiger partial charge in [0.15, 0.2) is 6.61 Å². The molecule has 6 nitrogen and oxygen atoms in total. The predicted molar refractivity (Wildman–Crippen MR) is 86.0 cm³/mol. The lowest BCUT2D eigenvalue weighted by atomic mass is 10.1. The lowest BCUT2D eigenvalue weighted by Crippen LogP contribution is -2.29. The summed E-state index contributed by atoms with van der Waals surface area (Å²) < 4.78 is 5.38. The lowest BCUT2D eigenvalue weighted by Gasteiger charge is -2.27. The van der Waals surface area contributed by atoms with Gasteiger partial charge in [0.25, 0.3) is 5.91 Å². The zero-order chi connectivity index (χ0) is 15.4. The molecule has 0 atom stereocenters. The second-order valence-corrected chi connectivity index (χ2v) is 5.48. The smallest absolute Gasteiger partial charge is 0.262 e. The molecule has 0 radical (unpaired) electrons. The van der Waals surface area contributed by atoms with Gasteiger partial charge in [-0.1, -0.05) is 0 Å². The quantitative estimate of drug-likeness (QED) is 0.775. The number of rotatable bonds is 6. The Hall–Kier alpha value is -1.95. The van der Waals surface area contributed by atoms with Crippen LogP contribution in [0.2, 0.25) is 0 Å². The molecule has 0 bridgehead atoms. The minimum atomic E-state index is -0.131. The van der Waals surface area contributed by atoms with E-state index in [0.29, 0.717) is 17.1 Å². The monoisotopic (exact) mass is 292 g/mol. The summed E-state index contributed by atoms with van der Waals surface area (Å²) in [6, 6.07) is 3.69. The SMILES string of the molecule is CCN(CCCN(C)C)c1cc2c(cc1N)OCC(=O)N2. The van der Waals surface area contributed by atoms with Crippen LogP contribution in [-0.4, -0.2) is 51.1 Å². The van der Waals surface area contributed by atoms with Crippen LogP contribution in [0.25, 0.3) is 0 Å². The summed E-state index contributed by atoms with van der Waals surface area (Å²) in [6.45, 7) is 4.97. The summed E-state index contributed by atoms with van der Waals surface area (Å²) in [5, 5.41) is 2.83. The highest BCUT2D eigenvalue weighted by molar-refractivity contribution is 5.97. The molecule has 3 N–H and O–H groups in total. The molecule has 1 aromatic rings. The first-order chi connectivity index (χ1) is 10.0. The van der Waals surface area contributed by atoms with Crippen LogP contribution in [0.5, 0.6) is 5.75 Å². The molecule has 1 aromatic carbocycles. The van der Waals surface area contributed by atoms with Crippen molar-refractivity contribution in [3.8, 4) is 5.75 Å². The molecule has 0 aromatic heterocycles. The van der Waals surface area contributed by atoms with Crippen molar-refractivity contribution < 1.29 is 9.53 Å². The van der Waals surface area contributed by atoms with Crippen LogP contribution in [0.1, 0.15) is 13.3 Å². The van der Waals surface area contributed by atoms with E-state index in [-0.39, 0.29) is 12.5 Å². The Labute approximate surface area is 125 Å². The van der Waals surface area contributed by atoms with Gasteiger partial charge >= 0.3 is 0 Å². The minimum absolute atomic E-state index is 0.0477. The lowest BCUT2D eigenvalue weighted by molar-refractivity contribution is -0.118. The van der Waals surface area contributed by atoms with E-state index < -0.39 is 0 Å². The van der Waals surface area contributed by atoms with Crippen molar-refractivity contribution in [2.75, 3.05) is 56.3 Å². The van der Waals surface area contributed by atoms with Crippen molar-refractivity contribution in [1.82, 2.24) is 4.90 Å². The van der Waals surface area contributed by atoms with Crippen LogP contribution in [0, 0.1) is 0 Å². The fourth-order valence-corrected chi connectivity index (χ4v) is 2.43. The van der Waals surface area contributed by atoms with Gasteiger partial charge in [-0.2, -0.15) is 0 Å². The van der Waals surface area contributed by atoms with E-state index in [9.17, 15) is 4.79 Å². The van der Waals surface area contributed by atoms with E-state index in [2.05, 4.69) is 36.1 Å². The molecule has 6 heteroatoms. The van der Waals surface area contributed by atoms with Crippen molar-refractivity contribution in [2.45, 2.75) is 13.3 Å². The number of hydrogen-bond donors (Lipinski definition) is 2. The summed E-state index contributed by atoms with van der Waals surface area (Å²) in [5.41, 5.74) is 8.46. The Bertz CT molecular complexity index is 517. The van der Waals surface area contributed by atoms with Crippen molar-refractivity contribution in [3.63, 3.8) is 0 Å². The first kappa shape index (κ1) is 15.4. The highest BCUT2D eigenvalue weighted by Gasteiger charge is 2.19. The van der Waals surface area contributed by atoms with Crippen LogP contribution in [0.15, 0.2) is 12.1 Å². The minimum Gasteiger partial charge on any atom is -0.482 e. The number of nitrogens with one attached hydrogen (secondary N) is 1. The van der Waals surface area contributed by atoms with Gasteiger partial charge in [0.05, 0.1) is 17.1 Å². The number of nitrogens with zero attached hydrogens (tertiary/aromatic N) is 2. The maximum Gasteiger partial charge on any atom is 0.262 e. The number of ether oxygens (including phenoxy) is 1. The fraction of sp³-hybridized carbons (Fsp3) is 0.533. The molecule has 0 aliphatic carbocycles. The molecular formula is C15H24N4O2. The molecule has 2 rings (SSSR count). The highest BCUT2D eigenvalue weighted by Crippen LogP contribution is 2.36. The van der Waals surface area contributed by atoms with Gasteiger partial charge in [-0.25, -0.2) is 0 Å². The maximum atomic E-state index is 11.4. The van der Waals surface area contributed by atoms with E-state index in [1.165, 1.54) is 0 Å². The van der Waals surface area contributed by atoms with Crippen LogP contribution in [-0.2, 0) is 4.79 Å². The van der Waals surface area contributed by atoms with E-state index >= 15 is 0 Å². The zero-order valence-corrected chi connectivity index (χ0v) is 13.0. The Balaban J connectivity index is 2.17. The van der Waals surface area contributed by atoms with Crippen molar-refractivity contribution in [2.24, 2.45) is 0 Å². The highest BCUT2D eigenvalue weighted by atomic mass is 16.5. The van der Waals surface area contributed by atoms with Crippen molar-refractivity contribution >= 4 is 23.0 Å². The third-order valence-corrected chi connectivity index (χ3v) is 3.52. The van der Waals surface area contributed by atoms with Gasteiger partial charge in [0, 0.05) is 19.2 Å². The molecule has 116 valence electrons. The average Bonchev–Trinajstić information content (AvgIpc) is 2.43. The van der Waals surface area contributed by atoms with Gasteiger partial charge in [0.1, 0.15) is 5.75 Å². The zero-order valence-electron chi connectivity index (χ0n) is 13.0. The number of carbonyl (C=O) groups is 1. The molecule has 1 aliphatic rings. The third kappa shape index (κ3) is 3.78. The number of anilines is 3. The normalized spacial score (nSPS) is 13.6. The molecule has 0 saturated carbocycles. The number of carbonyl (C=O) groups excluding carboxylic acids is 1. The molecule has 21 heavy (non-hydrogen) atoms. The standard InChI is InChI=1S/C15H24N4O2/c1-4-19(7-5-6-18(2)3)13-9-12-14(8-11(13)16)21-10-15(20)17-12/h8-9H,4-7,10,16H2,1-3H3,(H,17,20). The second-order valence-electron chi connectivity index (χ2n) is 5.48. The fourth-order valence-electron chi connectivity index (χ4n) is 2.43. The van der Waals surface area contributed by atoms with Crippen molar-refractivity contribution in [3.05, 3.63) is 12.1 Å². The number of fused-ring (bicyclic) bond motifs is 1. The molecule has 0 saturated heterocycles. The summed E-state index contributed by atoms with van der Waals surface area (Å²) in [4.78, 5) is 15.8.